The molecule has 0 bridgehead atoms. The number of aromatic nitrogens is 3. The molecule has 1 amide bonds. The van der Waals surface area contributed by atoms with Gasteiger partial charge in [-0.25, -0.2) is 4.98 Å². The van der Waals surface area contributed by atoms with E-state index in [1.807, 2.05) is 6.07 Å². The topological polar surface area (TPSA) is 102 Å². The number of aromatic amines is 1. The van der Waals surface area contributed by atoms with Gasteiger partial charge in [0, 0.05) is 12.1 Å². The van der Waals surface area contributed by atoms with Crippen LogP contribution in [-0.2, 0) is 4.79 Å². The van der Waals surface area contributed by atoms with Crippen LogP contribution in [0.25, 0.3) is 12.2 Å². The Labute approximate surface area is 170 Å². The minimum absolute atomic E-state index is 0.118. The lowest BCUT2D eigenvalue weighted by atomic mass is 10.2. The minimum atomic E-state index is -0.245. The van der Waals surface area contributed by atoms with Crippen LogP contribution in [0.4, 0.5) is 5.69 Å². The molecule has 0 saturated carbocycles. The Morgan fingerprint density at radius 2 is 2.14 bits per heavy atom. The zero-order chi connectivity index (χ0) is 19.9. The lowest BCUT2D eigenvalue weighted by molar-refractivity contribution is -0.113. The van der Waals surface area contributed by atoms with Crippen molar-refractivity contribution in [1.82, 2.24) is 15.2 Å². The first-order valence-electron chi connectivity index (χ1n) is 8.07. The highest BCUT2D eigenvalue weighted by molar-refractivity contribution is 7.99. The van der Waals surface area contributed by atoms with Crippen LogP contribution in [0.5, 0.6) is 11.5 Å². The molecule has 28 heavy (non-hydrogen) atoms. The molecule has 2 heterocycles. The quantitative estimate of drug-likeness (QED) is 0.531. The number of halogens is 1. The number of carbonyl (C=O) groups is 1. The van der Waals surface area contributed by atoms with Gasteiger partial charge in [-0.1, -0.05) is 23.4 Å². The van der Waals surface area contributed by atoms with Crippen molar-refractivity contribution in [3.05, 3.63) is 47.1 Å². The van der Waals surface area contributed by atoms with Crippen molar-refractivity contribution in [1.29, 1.82) is 0 Å². The van der Waals surface area contributed by atoms with E-state index in [1.165, 1.54) is 26.0 Å². The third kappa shape index (κ3) is 5.08. The summed E-state index contributed by atoms with van der Waals surface area (Å²) in [7, 11) is 2.99. The number of H-pyrrole nitrogens is 1. The maximum Gasteiger partial charge on any atom is 0.234 e. The fourth-order valence-corrected chi connectivity index (χ4v) is 3.06. The Morgan fingerprint density at radius 1 is 1.32 bits per heavy atom. The fourth-order valence-electron chi connectivity index (χ4n) is 2.22. The number of hydrogen-bond acceptors (Lipinski definition) is 7. The second kappa shape index (κ2) is 9.34. The number of ether oxygens (including phenoxy) is 2. The molecule has 0 saturated heterocycles. The van der Waals surface area contributed by atoms with Gasteiger partial charge in [0.15, 0.2) is 0 Å². The third-order valence-electron chi connectivity index (χ3n) is 3.51. The molecule has 10 heteroatoms. The molecule has 0 unspecified atom stereocenters. The normalized spacial score (nSPS) is 11.0. The Hall–Kier alpha value is -2.91. The van der Waals surface area contributed by atoms with E-state index in [1.54, 1.807) is 36.6 Å². The summed E-state index contributed by atoms with van der Waals surface area (Å²) in [6.07, 6.45) is 5.09. The van der Waals surface area contributed by atoms with Gasteiger partial charge in [0.2, 0.25) is 11.1 Å². The number of anilines is 1. The molecule has 0 fully saturated rings. The second-order valence-electron chi connectivity index (χ2n) is 5.38. The van der Waals surface area contributed by atoms with Crippen LogP contribution < -0.4 is 14.8 Å². The van der Waals surface area contributed by atoms with Gasteiger partial charge in [-0.3, -0.25) is 9.89 Å². The number of furan rings is 1. The van der Waals surface area contributed by atoms with Crippen LogP contribution in [-0.4, -0.2) is 41.1 Å². The smallest absolute Gasteiger partial charge is 0.234 e. The van der Waals surface area contributed by atoms with Gasteiger partial charge in [0.25, 0.3) is 0 Å². The number of amides is 1. The van der Waals surface area contributed by atoms with Crippen LogP contribution in [0.1, 0.15) is 11.6 Å². The van der Waals surface area contributed by atoms with Crippen molar-refractivity contribution in [2.45, 2.75) is 5.16 Å². The number of nitrogens with zero attached hydrogens (tertiary/aromatic N) is 2. The summed E-state index contributed by atoms with van der Waals surface area (Å²) in [6, 6.07) is 6.81. The SMILES string of the molecule is COc1cc(NC(=O)CSc2n[nH]c(/C=C/c3ccco3)n2)c(OC)cc1Cl. The summed E-state index contributed by atoms with van der Waals surface area (Å²) in [6.45, 7) is 0. The largest absolute Gasteiger partial charge is 0.495 e. The van der Waals surface area contributed by atoms with Gasteiger partial charge < -0.3 is 19.2 Å². The minimum Gasteiger partial charge on any atom is -0.495 e. The van der Waals surface area contributed by atoms with Crippen LogP contribution in [0.2, 0.25) is 5.02 Å². The number of benzene rings is 1. The predicted octanol–water partition coefficient (Wildman–Crippen LogP) is 3.97. The van der Waals surface area contributed by atoms with Gasteiger partial charge in [0.1, 0.15) is 23.1 Å². The molecule has 146 valence electrons. The van der Waals surface area contributed by atoms with Crippen molar-refractivity contribution in [2.75, 3.05) is 25.3 Å². The number of carbonyl (C=O) groups excluding carboxylic acids is 1. The van der Waals surface area contributed by atoms with E-state index in [4.69, 9.17) is 25.5 Å². The maximum absolute atomic E-state index is 12.3. The Bertz CT molecular complexity index is 972. The van der Waals surface area contributed by atoms with Crippen LogP contribution >= 0.6 is 23.4 Å². The van der Waals surface area contributed by atoms with E-state index in [0.717, 1.165) is 0 Å². The fraction of sp³-hybridized carbons (Fsp3) is 0.167. The molecule has 3 rings (SSSR count). The number of hydrogen-bond donors (Lipinski definition) is 2. The number of thioether (sulfide) groups is 1. The van der Waals surface area contributed by atoms with Crippen LogP contribution in [0.15, 0.2) is 40.1 Å². The van der Waals surface area contributed by atoms with Crippen molar-refractivity contribution < 1.29 is 18.7 Å². The standard InChI is InChI=1S/C18H17ClN4O4S/c1-25-14-9-13(15(26-2)8-12(14)19)20-17(24)10-28-18-21-16(22-23-18)6-5-11-4-3-7-27-11/h3-9H,10H2,1-2H3,(H,20,24)(H,21,22,23)/b6-5+. The lowest BCUT2D eigenvalue weighted by Crippen LogP contribution is -2.15. The van der Waals surface area contributed by atoms with Crippen molar-refractivity contribution in [3.8, 4) is 11.5 Å². The van der Waals surface area contributed by atoms with Gasteiger partial charge in [-0.15, -0.1) is 5.10 Å². The van der Waals surface area contributed by atoms with E-state index in [-0.39, 0.29) is 11.7 Å². The molecular formula is C18H17ClN4O4S. The van der Waals surface area contributed by atoms with Gasteiger partial charge in [0.05, 0.1) is 36.9 Å². The Balaban J connectivity index is 1.58. The molecule has 0 aliphatic heterocycles. The number of nitrogens with one attached hydrogen (secondary N) is 2. The average molecular weight is 421 g/mol. The number of rotatable bonds is 8. The van der Waals surface area contributed by atoms with Crippen LogP contribution in [0, 0.1) is 0 Å². The predicted molar refractivity (Wildman–Crippen MR) is 108 cm³/mol. The molecule has 8 nitrogen and oxygen atoms in total. The first-order valence-corrected chi connectivity index (χ1v) is 9.43. The summed E-state index contributed by atoms with van der Waals surface area (Å²) >= 11 is 7.26. The molecule has 0 spiro atoms. The average Bonchev–Trinajstić information content (AvgIpc) is 3.37. The first-order chi connectivity index (χ1) is 13.6. The molecule has 1 aromatic carbocycles. The molecular weight excluding hydrogens is 404 g/mol. The molecule has 2 N–H and O–H groups in total. The first kappa shape index (κ1) is 19.8. The highest BCUT2D eigenvalue weighted by Crippen LogP contribution is 2.35. The van der Waals surface area contributed by atoms with Crippen molar-refractivity contribution >= 4 is 47.1 Å². The van der Waals surface area contributed by atoms with E-state index in [0.29, 0.717) is 39.0 Å². The summed E-state index contributed by atoms with van der Waals surface area (Å²) in [4.78, 5) is 16.6. The summed E-state index contributed by atoms with van der Waals surface area (Å²) in [5, 5.41) is 10.5. The second-order valence-corrected chi connectivity index (χ2v) is 6.73. The van der Waals surface area contributed by atoms with E-state index >= 15 is 0 Å². The Morgan fingerprint density at radius 3 is 2.86 bits per heavy atom. The monoisotopic (exact) mass is 420 g/mol. The lowest BCUT2D eigenvalue weighted by Gasteiger charge is -2.12. The molecule has 3 aromatic rings. The van der Waals surface area contributed by atoms with Crippen molar-refractivity contribution in [3.63, 3.8) is 0 Å². The van der Waals surface area contributed by atoms with Gasteiger partial charge >= 0.3 is 0 Å². The van der Waals surface area contributed by atoms with Gasteiger partial charge in [-0.2, -0.15) is 0 Å². The highest BCUT2D eigenvalue weighted by Gasteiger charge is 2.13. The number of methoxy groups -OCH3 is 2. The van der Waals surface area contributed by atoms with Crippen molar-refractivity contribution in [2.24, 2.45) is 0 Å². The molecule has 0 aliphatic carbocycles. The zero-order valence-corrected chi connectivity index (χ0v) is 16.6. The molecule has 0 aliphatic rings. The van der Waals surface area contributed by atoms with Gasteiger partial charge in [-0.05, 0) is 24.3 Å². The summed E-state index contributed by atoms with van der Waals surface area (Å²) < 4.78 is 15.6. The molecule has 0 radical (unpaired) electrons. The summed E-state index contributed by atoms with van der Waals surface area (Å²) in [5.41, 5.74) is 0.464. The van der Waals surface area contributed by atoms with E-state index in [9.17, 15) is 4.79 Å². The van der Waals surface area contributed by atoms with Crippen LogP contribution in [0.3, 0.4) is 0 Å². The van der Waals surface area contributed by atoms with E-state index < -0.39 is 0 Å². The van der Waals surface area contributed by atoms with E-state index in [2.05, 4.69) is 20.5 Å². The molecule has 2 aromatic heterocycles. The summed E-state index contributed by atoms with van der Waals surface area (Å²) in [5.74, 6) is 2.01. The highest BCUT2D eigenvalue weighted by atomic mass is 35.5. The molecule has 0 atom stereocenters. The maximum atomic E-state index is 12.3. The zero-order valence-electron chi connectivity index (χ0n) is 15.1. The Kier molecular flexibility index (Phi) is 6.62. The third-order valence-corrected chi connectivity index (χ3v) is 4.65.